The van der Waals surface area contributed by atoms with Crippen LogP contribution in [-0.4, -0.2) is 64.3 Å². The average Bonchev–Trinajstić information content (AvgIpc) is 2.80. The summed E-state index contributed by atoms with van der Waals surface area (Å²) < 4.78 is 5.34. The summed E-state index contributed by atoms with van der Waals surface area (Å²) in [6.45, 7) is 5.08. The first kappa shape index (κ1) is 24.8. The lowest BCUT2D eigenvalue weighted by molar-refractivity contribution is -0.139. The standard InChI is InChI=1S/C25H36N2O4S/c1-3-13-32-14-12-27-11-9-18(19(17-27)15-25(29)30)4-7-24(28)21-8-10-26-23-6-5-20(31-2)16-22(21)23/h5-6,8,10,16,18-19,24,28H,3-4,7,9,11-15,17H2,1-2H3,(H,29,30)/t18-,19+,24+/m1/s1. The molecule has 1 aromatic carbocycles. The van der Waals surface area contributed by atoms with Gasteiger partial charge in [0.25, 0.3) is 0 Å². The van der Waals surface area contributed by atoms with Gasteiger partial charge in [-0.25, -0.2) is 0 Å². The summed E-state index contributed by atoms with van der Waals surface area (Å²) in [4.78, 5) is 18.3. The second kappa shape index (κ2) is 12.4. The van der Waals surface area contributed by atoms with Gasteiger partial charge in [0.15, 0.2) is 0 Å². The lowest BCUT2D eigenvalue weighted by Gasteiger charge is -2.38. The minimum atomic E-state index is -0.727. The molecule has 32 heavy (non-hydrogen) atoms. The van der Waals surface area contributed by atoms with Gasteiger partial charge in [-0.15, -0.1) is 0 Å². The van der Waals surface area contributed by atoms with Crippen molar-refractivity contribution in [2.75, 3.05) is 38.2 Å². The van der Waals surface area contributed by atoms with Gasteiger partial charge >= 0.3 is 5.97 Å². The van der Waals surface area contributed by atoms with E-state index in [4.69, 9.17) is 4.74 Å². The fourth-order valence-electron chi connectivity index (χ4n) is 4.73. The van der Waals surface area contributed by atoms with Crippen LogP contribution in [0.5, 0.6) is 5.75 Å². The topological polar surface area (TPSA) is 82.9 Å². The number of aliphatic hydroxyl groups excluding tert-OH is 1. The van der Waals surface area contributed by atoms with Gasteiger partial charge in [0, 0.05) is 36.8 Å². The molecule has 0 saturated carbocycles. The Morgan fingerprint density at radius 2 is 2.16 bits per heavy atom. The van der Waals surface area contributed by atoms with E-state index in [1.165, 1.54) is 12.2 Å². The molecule has 0 unspecified atom stereocenters. The van der Waals surface area contributed by atoms with Gasteiger partial charge < -0.3 is 19.8 Å². The van der Waals surface area contributed by atoms with Crippen molar-refractivity contribution >= 4 is 28.6 Å². The second-order valence-corrected chi connectivity index (χ2v) is 9.92. The van der Waals surface area contributed by atoms with Gasteiger partial charge in [0.05, 0.1) is 18.7 Å². The van der Waals surface area contributed by atoms with Crippen molar-refractivity contribution < 1.29 is 19.7 Å². The summed E-state index contributed by atoms with van der Waals surface area (Å²) in [6.07, 6.45) is 4.95. The Hall–Kier alpha value is -1.83. The molecule has 1 fully saturated rings. The number of benzene rings is 1. The number of ether oxygens (including phenoxy) is 1. The number of nitrogens with zero attached hydrogens (tertiary/aromatic N) is 2. The Kier molecular flexibility index (Phi) is 9.63. The second-order valence-electron chi connectivity index (χ2n) is 8.70. The number of carboxylic acid groups (broad SMARTS) is 1. The van der Waals surface area contributed by atoms with Gasteiger partial charge in [0.1, 0.15) is 5.75 Å². The van der Waals surface area contributed by atoms with Crippen LogP contribution in [0.1, 0.15) is 50.7 Å². The number of aromatic nitrogens is 1. The van der Waals surface area contributed by atoms with Crippen molar-refractivity contribution in [2.24, 2.45) is 11.8 Å². The Balaban J connectivity index is 1.62. The van der Waals surface area contributed by atoms with Crippen LogP contribution in [0.2, 0.25) is 0 Å². The van der Waals surface area contributed by atoms with E-state index in [2.05, 4.69) is 16.8 Å². The summed E-state index contributed by atoms with van der Waals surface area (Å²) in [6, 6.07) is 7.57. The van der Waals surface area contributed by atoms with Crippen LogP contribution in [-0.2, 0) is 4.79 Å². The summed E-state index contributed by atoms with van der Waals surface area (Å²) in [7, 11) is 1.63. The molecular weight excluding hydrogens is 424 g/mol. The smallest absolute Gasteiger partial charge is 0.303 e. The van der Waals surface area contributed by atoms with E-state index < -0.39 is 12.1 Å². The molecule has 2 aromatic rings. The molecule has 2 N–H and O–H groups in total. The third-order valence-electron chi connectivity index (χ3n) is 6.46. The highest BCUT2D eigenvalue weighted by Crippen LogP contribution is 2.34. The maximum atomic E-state index is 11.5. The predicted octanol–water partition coefficient (Wildman–Crippen LogP) is 4.61. The van der Waals surface area contributed by atoms with E-state index in [1.54, 1.807) is 13.3 Å². The zero-order chi connectivity index (χ0) is 22.9. The first-order valence-corrected chi connectivity index (χ1v) is 12.8. The van der Waals surface area contributed by atoms with E-state index >= 15 is 0 Å². The number of pyridine rings is 1. The summed E-state index contributed by atoms with van der Waals surface area (Å²) in [5.74, 6) is 2.76. The number of carbonyl (C=O) groups is 1. The number of fused-ring (bicyclic) bond motifs is 1. The summed E-state index contributed by atoms with van der Waals surface area (Å²) in [5, 5.41) is 21.4. The Labute approximate surface area is 195 Å². The predicted molar refractivity (Wildman–Crippen MR) is 130 cm³/mol. The monoisotopic (exact) mass is 460 g/mol. The first-order valence-electron chi connectivity index (χ1n) is 11.6. The van der Waals surface area contributed by atoms with Crippen molar-refractivity contribution in [3.63, 3.8) is 0 Å². The highest BCUT2D eigenvalue weighted by Gasteiger charge is 2.31. The number of piperidine rings is 1. The van der Waals surface area contributed by atoms with Crippen LogP contribution >= 0.6 is 11.8 Å². The number of methoxy groups -OCH3 is 1. The molecule has 6 nitrogen and oxygen atoms in total. The molecule has 0 amide bonds. The molecule has 0 radical (unpaired) electrons. The molecule has 1 aliphatic rings. The summed E-state index contributed by atoms with van der Waals surface area (Å²) in [5.41, 5.74) is 1.69. The van der Waals surface area contributed by atoms with Crippen molar-refractivity contribution in [2.45, 2.75) is 45.1 Å². The van der Waals surface area contributed by atoms with Gasteiger partial charge in [-0.1, -0.05) is 6.92 Å². The van der Waals surface area contributed by atoms with Gasteiger partial charge in [-0.05, 0) is 79.6 Å². The molecule has 0 aliphatic carbocycles. The fourth-order valence-corrected chi connectivity index (χ4v) is 5.61. The van der Waals surface area contributed by atoms with Crippen molar-refractivity contribution in [1.29, 1.82) is 0 Å². The zero-order valence-corrected chi connectivity index (χ0v) is 20.0. The minimum absolute atomic E-state index is 0.138. The molecule has 1 aliphatic heterocycles. The van der Waals surface area contributed by atoms with Gasteiger partial charge in [0.2, 0.25) is 0 Å². The highest BCUT2D eigenvalue weighted by atomic mass is 32.2. The van der Waals surface area contributed by atoms with E-state index in [9.17, 15) is 15.0 Å². The maximum Gasteiger partial charge on any atom is 0.303 e. The normalized spacial score (nSPS) is 20.3. The van der Waals surface area contributed by atoms with E-state index in [1.807, 2.05) is 36.0 Å². The lowest BCUT2D eigenvalue weighted by atomic mass is 9.79. The maximum absolute atomic E-state index is 11.5. The first-order chi connectivity index (χ1) is 15.5. The van der Waals surface area contributed by atoms with E-state index in [0.29, 0.717) is 12.3 Å². The van der Waals surface area contributed by atoms with Crippen LogP contribution in [0, 0.1) is 11.8 Å². The van der Waals surface area contributed by atoms with Crippen LogP contribution in [0.3, 0.4) is 0 Å². The van der Waals surface area contributed by atoms with Crippen molar-refractivity contribution in [3.05, 3.63) is 36.0 Å². The number of thioether (sulfide) groups is 1. The average molecular weight is 461 g/mol. The van der Waals surface area contributed by atoms with Gasteiger partial charge in [-0.3, -0.25) is 9.78 Å². The number of carboxylic acids is 1. The van der Waals surface area contributed by atoms with Crippen LogP contribution < -0.4 is 4.74 Å². The Morgan fingerprint density at radius 1 is 1.31 bits per heavy atom. The van der Waals surface area contributed by atoms with Crippen LogP contribution in [0.25, 0.3) is 10.9 Å². The lowest BCUT2D eigenvalue weighted by Crippen LogP contribution is -2.42. The number of rotatable bonds is 12. The SMILES string of the molecule is CCCSCCN1CC[C@@H](CC[C@H](O)c2ccnc3ccc(OC)cc23)[C@@H](CC(=O)O)C1. The number of aliphatic hydroxyl groups is 1. The molecule has 0 bridgehead atoms. The molecule has 1 aromatic heterocycles. The van der Waals surface area contributed by atoms with E-state index in [-0.39, 0.29) is 12.3 Å². The molecule has 3 atom stereocenters. The summed E-state index contributed by atoms with van der Waals surface area (Å²) >= 11 is 1.97. The number of aliphatic carboxylic acids is 1. The fraction of sp³-hybridized carbons (Fsp3) is 0.600. The molecule has 0 spiro atoms. The number of hydrogen-bond acceptors (Lipinski definition) is 6. The zero-order valence-electron chi connectivity index (χ0n) is 19.2. The Morgan fingerprint density at radius 3 is 2.91 bits per heavy atom. The van der Waals surface area contributed by atoms with Crippen LogP contribution in [0.15, 0.2) is 30.5 Å². The van der Waals surface area contributed by atoms with Crippen molar-refractivity contribution in [3.8, 4) is 5.75 Å². The Bertz CT molecular complexity index is 878. The third kappa shape index (κ3) is 6.83. The number of likely N-dealkylation sites (tertiary alicyclic amines) is 1. The molecule has 2 heterocycles. The molecule has 7 heteroatoms. The van der Waals surface area contributed by atoms with Crippen LogP contribution in [0.4, 0.5) is 0 Å². The largest absolute Gasteiger partial charge is 0.497 e. The minimum Gasteiger partial charge on any atom is -0.497 e. The third-order valence-corrected chi connectivity index (χ3v) is 7.63. The number of hydrogen-bond donors (Lipinski definition) is 2. The molecule has 3 rings (SSSR count). The van der Waals surface area contributed by atoms with E-state index in [0.717, 1.165) is 60.4 Å². The highest BCUT2D eigenvalue weighted by molar-refractivity contribution is 7.99. The molecule has 176 valence electrons. The quantitative estimate of drug-likeness (QED) is 0.448. The van der Waals surface area contributed by atoms with Crippen molar-refractivity contribution in [1.82, 2.24) is 9.88 Å². The van der Waals surface area contributed by atoms with Gasteiger partial charge in [-0.2, -0.15) is 11.8 Å². The molecular formula is C25H36N2O4S. The molecule has 1 saturated heterocycles.